The first-order valence-electron chi connectivity index (χ1n) is 6.39. The topological polar surface area (TPSA) is 58.2 Å². The molecular formula is C14H18Cl2N2O2. The van der Waals surface area contributed by atoms with Gasteiger partial charge in [0.05, 0.1) is 0 Å². The van der Waals surface area contributed by atoms with Crippen molar-refractivity contribution in [2.24, 2.45) is 0 Å². The van der Waals surface area contributed by atoms with Crippen molar-refractivity contribution in [3.05, 3.63) is 35.4 Å². The van der Waals surface area contributed by atoms with Crippen LogP contribution in [0, 0.1) is 0 Å². The summed E-state index contributed by atoms with van der Waals surface area (Å²) in [6.45, 7) is 0.962. The Morgan fingerprint density at radius 2 is 1.15 bits per heavy atom. The maximum Gasteiger partial charge on any atom is 0.221 e. The second-order valence-corrected chi connectivity index (χ2v) is 5.00. The molecule has 2 amide bonds. The van der Waals surface area contributed by atoms with E-state index < -0.39 is 0 Å². The summed E-state index contributed by atoms with van der Waals surface area (Å²) in [6, 6.07) is 7.68. The Bertz CT molecular complexity index is 394. The molecule has 0 bridgehead atoms. The highest BCUT2D eigenvalue weighted by Crippen LogP contribution is 2.04. The van der Waals surface area contributed by atoms with Gasteiger partial charge in [-0.1, -0.05) is 24.3 Å². The number of benzene rings is 1. The van der Waals surface area contributed by atoms with Crippen LogP contribution in [0.1, 0.15) is 24.0 Å². The lowest BCUT2D eigenvalue weighted by atomic mass is 10.1. The zero-order valence-corrected chi connectivity index (χ0v) is 12.6. The fourth-order valence-corrected chi connectivity index (χ4v) is 1.87. The number of halogens is 2. The number of amides is 2. The summed E-state index contributed by atoms with van der Waals surface area (Å²) in [6.07, 6.45) is 0.651. The van der Waals surface area contributed by atoms with E-state index in [1.54, 1.807) is 0 Å². The van der Waals surface area contributed by atoms with Crippen LogP contribution in [0.3, 0.4) is 0 Å². The van der Waals surface area contributed by atoms with Gasteiger partial charge >= 0.3 is 0 Å². The molecule has 0 saturated carbocycles. The molecule has 2 N–H and O–H groups in total. The quantitative estimate of drug-likeness (QED) is 0.722. The fraction of sp³-hybridized carbons (Fsp3) is 0.429. The van der Waals surface area contributed by atoms with Gasteiger partial charge in [-0.25, -0.2) is 0 Å². The zero-order valence-electron chi connectivity index (χ0n) is 11.1. The van der Waals surface area contributed by atoms with Crippen molar-refractivity contribution in [1.82, 2.24) is 10.6 Å². The molecule has 1 aromatic carbocycles. The third kappa shape index (κ3) is 6.78. The molecule has 110 valence electrons. The van der Waals surface area contributed by atoms with Crippen LogP contribution in [0.25, 0.3) is 0 Å². The number of nitrogens with one attached hydrogen (secondary N) is 2. The highest BCUT2D eigenvalue weighted by molar-refractivity contribution is 6.19. The molecule has 0 aromatic heterocycles. The summed E-state index contributed by atoms with van der Waals surface area (Å²) in [5.41, 5.74) is 2.01. The molecule has 0 aliphatic carbocycles. The zero-order chi connectivity index (χ0) is 14.8. The number of carbonyl (C=O) groups excluding carboxylic acids is 2. The first kappa shape index (κ1) is 16.8. The van der Waals surface area contributed by atoms with E-state index in [9.17, 15) is 9.59 Å². The molecule has 0 heterocycles. The largest absolute Gasteiger partial charge is 0.352 e. The predicted octanol–water partition coefficient (Wildman–Crippen LogP) is 2.18. The standard InChI is InChI=1S/C14H18Cl2N2O2/c15-7-5-13(19)17-9-11-1-2-12(4-3-11)10-18-14(20)6-8-16/h1-4H,5-10H2,(H,17,19)(H,18,20). The minimum absolute atomic E-state index is 0.0579. The molecule has 20 heavy (non-hydrogen) atoms. The number of rotatable bonds is 8. The highest BCUT2D eigenvalue weighted by atomic mass is 35.5. The van der Waals surface area contributed by atoms with Gasteiger partial charge in [-0.3, -0.25) is 9.59 Å². The first-order chi connectivity index (χ1) is 9.65. The van der Waals surface area contributed by atoms with Crippen LogP contribution >= 0.6 is 23.2 Å². The maximum absolute atomic E-state index is 11.3. The van der Waals surface area contributed by atoms with Gasteiger partial charge in [0.2, 0.25) is 11.8 Å². The summed E-state index contributed by atoms with van der Waals surface area (Å²) in [5, 5.41) is 5.56. The summed E-state index contributed by atoms with van der Waals surface area (Å²) < 4.78 is 0. The van der Waals surface area contributed by atoms with Crippen molar-refractivity contribution < 1.29 is 9.59 Å². The SMILES string of the molecule is O=C(CCCl)NCc1ccc(CNC(=O)CCCl)cc1. The Morgan fingerprint density at radius 1 is 0.800 bits per heavy atom. The predicted molar refractivity (Wildman–Crippen MR) is 80.8 cm³/mol. The van der Waals surface area contributed by atoms with Gasteiger partial charge in [-0.15, -0.1) is 23.2 Å². The molecular weight excluding hydrogens is 299 g/mol. The minimum Gasteiger partial charge on any atom is -0.352 e. The number of carbonyl (C=O) groups is 2. The maximum atomic E-state index is 11.3. The molecule has 0 fully saturated rings. The van der Waals surface area contributed by atoms with Gasteiger partial charge in [0.15, 0.2) is 0 Å². The van der Waals surface area contributed by atoms with Gasteiger partial charge in [-0.05, 0) is 11.1 Å². The molecule has 0 saturated heterocycles. The summed E-state index contributed by atoms with van der Waals surface area (Å²) in [7, 11) is 0. The summed E-state index contributed by atoms with van der Waals surface area (Å²) in [5.74, 6) is 0.536. The van der Waals surface area contributed by atoms with E-state index in [-0.39, 0.29) is 11.8 Å². The molecule has 1 rings (SSSR count). The van der Waals surface area contributed by atoms with Gasteiger partial charge < -0.3 is 10.6 Å². The van der Waals surface area contributed by atoms with Crippen LogP contribution in [-0.2, 0) is 22.7 Å². The van der Waals surface area contributed by atoms with Crippen LogP contribution in [0.15, 0.2) is 24.3 Å². The Kier molecular flexibility index (Phi) is 8.07. The van der Waals surface area contributed by atoms with E-state index in [1.807, 2.05) is 24.3 Å². The van der Waals surface area contributed by atoms with Crippen molar-refractivity contribution in [2.45, 2.75) is 25.9 Å². The third-order valence-corrected chi connectivity index (χ3v) is 3.02. The molecule has 0 unspecified atom stereocenters. The molecule has 0 atom stereocenters. The Hall–Kier alpha value is -1.26. The number of hydrogen-bond donors (Lipinski definition) is 2. The van der Waals surface area contributed by atoms with Crippen molar-refractivity contribution in [1.29, 1.82) is 0 Å². The number of alkyl halides is 2. The van der Waals surface area contributed by atoms with Gasteiger partial charge in [0.1, 0.15) is 0 Å². The molecule has 0 spiro atoms. The average molecular weight is 317 g/mol. The van der Waals surface area contributed by atoms with Crippen molar-refractivity contribution in [3.8, 4) is 0 Å². The van der Waals surface area contributed by atoms with Gasteiger partial charge in [-0.2, -0.15) is 0 Å². The Labute approximate surface area is 128 Å². The van der Waals surface area contributed by atoms with Crippen LogP contribution in [0.2, 0.25) is 0 Å². The van der Waals surface area contributed by atoms with E-state index in [0.717, 1.165) is 11.1 Å². The Balaban J connectivity index is 2.36. The first-order valence-corrected chi connectivity index (χ1v) is 7.45. The van der Waals surface area contributed by atoms with E-state index in [4.69, 9.17) is 23.2 Å². The lowest BCUT2D eigenvalue weighted by molar-refractivity contribution is -0.121. The molecule has 0 aliphatic rings. The monoisotopic (exact) mass is 316 g/mol. The van der Waals surface area contributed by atoms with E-state index >= 15 is 0 Å². The van der Waals surface area contributed by atoms with Crippen LogP contribution in [0.5, 0.6) is 0 Å². The van der Waals surface area contributed by atoms with Crippen LogP contribution in [0.4, 0.5) is 0 Å². The van der Waals surface area contributed by atoms with Crippen molar-refractivity contribution in [2.75, 3.05) is 11.8 Å². The fourth-order valence-electron chi connectivity index (χ4n) is 1.52. The third-order valence-electron chi connectivity index (χ3n) is 2.65. The van der Waals surface area contributed by atoms with Gasteiger partial charge in [0.25, 0.3) is 0 Å². The second kappa shape index (κ2) is 9.61. The summed E-state index contributed by atoms with van der Waals surface area (Å²) >= 11 is 11.0. The van der Waals surface area contributed by atoms with Crippen molar-refractivity contribution in [3.63, 3.8) is 0 Å². The van der Waals surface area contributed by atoms with Crippen molar-refractivity contribution >= 4 is 35.0 Å². The van der Waals surface area contributed by atoms with E-state index in [0.29, 0.717) is 37.7 Å². The molecule has 0 aliphatic heterocycles. The van der Waals surface area contributed by atoms with E-state index in [1.165, 1.54) is 0 Å². The normalized spacial score (nSPS) is 10.1. The lowest BCUT2D eigenvalue weighted by Crippen LogP contribution is -2.23. The Morgan fingerprint density at radius 3 is 1.45 bits per heavy atom. The second-order valence-electron chi connectivity index (χ2n) is 4.25. The summed E-state index contributed by atoms with van der Waals surface area (Å²) in [4.78, 5) is 22.5. The number of hydrogen-bond acceptors (Lipinski definition) is 2. The smallest absolute Gasteiger partial charge is 0.221 e. The van der Waals surface area contributed by atoms with Gasteiger partial charge in [0, 0.05) is 37.7 Å². The molecule has 4 nitrogen and oxygen atoms in total. The minimum atomic E-state index is -0.0579. The van der Waals surface area contributed by atoms with E-state index in [2.05, 4.69) is 10.6 Å². The highest BCUT2D eigenvalue weighted by Gasteiger charge is 2.02. The lowest BCUT2D eigenvalue weighted by Gasteiger charge is -2.07. The molecule has 0 radical (unpaired) electrons. The molecule has 6 heteroatoms. The average Bonchev–Trinajstić information content (AvgIpc) is 2.45. The van der Waals surface area contributed by atoms with Crippen LogP contribution in [-0.4, -0.2) is 23.6 Å². The molecule has 1 aromatic rings. The van der Waals surface area contributed by atoms with Crippen LogP contribution < -0.4 is 10.6 Å².